The average molecular weight is 371 g/mol. The van der Waals surface area contributed by atoms with Gasteiger partial charge in [-0.15, -0.1) is 0 Å². The lowest BCUT2D eigenvalue weighted by Crippen LogP contribution is -2.56. The molecule has 0 aliphatic rings. The SMILES string of the molecule is CC(CC(C)(C)NC(=O)C(C)(CC(C)(C)C)C(C)(C)C)N(C)CC(=O)O. The predicted molar refractivity (Wildman–Crippen MR) is 108 cm³/mol. The van der Waals surface area contributed by atoms with E-state index in [9.17, 15) is 9.59 Å². The van der Waals surface area contributed by atoms with Crippen LogP contribution in [0.3, 0.4) is 0 Å². The number of carboxylic acids is 1. The Morgan fingerprint density at radius 2 is 1.46 bits per heavy atom. The molecule has 0 aliphatic carbocycles. The zero-order valence-electron chi connectivity index (χ0n) is 18.9. The Morgan fingerprint density at radius 3 is 1.81 bits per heavy atom. The van der Waals surface area contributed by atoms with Gasteiger partial charge in [-0.1, -0.05) is 48.5 Å². The minimum Gasteiger partial charge on any atom is -0.480 e. The maximum Gasteiger partial charge on any atom is 0.317 e. The summed E-state index contributed by atoms with van der Waals surface area (Å²) in [6.45, 7) is 20.9. The maximum absolute atomic E-state index is 13.3. The zero-order valence-corrected chi connectivity index (χ0v) is 18.9. The second-order valence-corrected chi connectivity index (χ2v) is 11.0. The van der Waals surface area contributed by atoms with Gasteiger partial charge in [-0.05, 0) is 51.5 Å². The van der Waals surface area contributed by atoms with E-state index < -0.39 is 16.9 Å². The van der Waals surface area contributed by atoms with E-state index in [-0.39, 0.29) is 29.3 Å². The second-order valence-electron chi connectivity index (χ2n) is 11.0. The number of hydrogen-bond donors (Lipinski definition) is 2. The van der Waals surface area contributed by atoms with E-state index in [1.807, 2.05) is 20.8 Å². The Bertz CT molecular complexity index is 500. The fourth-order valence-electron chi connectivity index (χ4n) is 3.51. The molecule has 2 atom stereocenters. The molecule has 0 rings (SSSR count). The van der Waals surface area contributed by atoms with Crippen molar-refractivity contribution in [3.63, 3.8) is 0 Å². The van der Waals surface area contributed by atoms with E-state index in [0.29, 0.717) is 6.42 Å². The molecule has 0 aromatic heterocycles. The molecule has 2 unspecified atom stereocenters. The first kappa shape index (κ1) is 24.9. The molecule has 0 radical (unpaired) electrons. The molecule has 0 aliphatic heterocycles. The summed E-state index contributed by atoms with van der Waals surface area (Å²) in [7, 11) is 1.80. The number of aliphatic carboxylic acids is 1. The summed E-state index contributed by atoms with van der Waals surface area (Å²) in [5, 5.41) is 12.2. The van der Waals surface area contributed by atoms with E-state index in [2.05, 4.69) is 53.8 Å². The molecule has 0 aromatic rings. The van der Waals surface area contributed by atoms with Crippen LogP contribution < -0.4 is 5.32 Å². The largest absolute Gasteiger partial charge is 0.480 e. The highest BCUT2D eigenvalue weighted by molar-refractivity contribution is 5.83. The number of carboxylic acid groups (broad SMARTS) is 1. The van der Waals surface area contributed by atoms with Gasteiger partial charge in [0.15, 0.2) is 0 Å². The van der Waals surface area contributed by atoms with E-state index in [1.165, 1.54) is 0 Å². The number of hydrogen-bond acceptors (Lipinski definition) is 3. The number of likely N-dealkylation sites (N-methyl/N-ethyl adjacent to an activating group) is 1. The fraction of sp³-hybridized carbons (Fsp3) is 0.905. The van der Waals surface area contributed by atoms with Crippen molar-refractivity contribution in [1.29, 1.82) is 0 Å². The molecule has 5 nitrogen and oxygen atoms in total. The van der Waals surface area contributed by atoms with Crippen molar-refractivity contribution >= 4 is 11.9 Å². The third kappa shape index (κ3) is 7.65. The van der Waals surface area contributed by atoms with Gasteiger partial charge in [0, 0.05) is 11.6 Å². The van der Waals surface area contributed by atoms with Crippen LogP contribution in [-0.4, -0.2) is 47.1 Å². The highest BCUT2D eigenvalue weighted by Gasteiger charge is 2.47. The number of carbonyl (C=O) groups excluding carboxylic acids is 1. The lowest BCUT2D eigenvalue weighted by atomic mass is 9.60. The van der Waals surface area contributed by atoms with Crippen LogP contribution in [0.2, 0.25) is 0 Å². The Kier molecular flexibility index (Phi) is 7.93. The zero-order chi connectivity index (χ0) is 21.1. The molecule has 0 saturated heterocycles. The number of carbonyl (C=O) groups is 2. The quantitative estimate of drug-likeness (QED) is 0.673. The summed E-state index contributed by atoms with van der Waals surface area (Å²) in [6.07, 6.45) is 1.47. The highest BCUT2D eigenvalue weighted by atomic mass is 16.4. The predicted octanol–water partition coefficient (Wildman–Crippen LogP) is 4.16. The normalized spacial score (nSPS) is 16.9. The molecule has 0 aromatic carbocycles. The summed E-state index contributed by atoms with van der Waals surface area (Å²) < 4.78 is 0. The van der Waals surface area contributed by atoms with Gasteiger partial charge in [-0.3, -0.25) is 14.5 Å². The van der Waals surface area contributed by atoms with Crippen LogP contribution in [0.15, 0.2) is 0 Å². The van der Waals surface area contributed by atoms with Crippen LogP contribution in [0.5, 0.6) is 0 Å². The third-order valence-electron chi connectivity index (χ3n) is 5.44. The highest BCUT2D eigenvalue weighted by Crippen LogP contribution is 2.47. The molecule has 154 valence electrons. The molecule has 0 spiro atoms. The van der Waals surface area contributed by atoms with Crippen LogP contribution in [0.25, 0.3) is 0 Å². The van der Waals surface area contributed by atoms with Crippen molar-refractivity contribution in [2.75, 3.05) is 13.6 Å². The summed E-state index contributed by atoms with van der Waals surface area (Å²) in [5.41, 5.74) is -1.06. The number of nitrogens with zero attached hydrogens (tertiary/aromatic N) is 1. The average Bonchev–Trinajstić information content (AvgIpc) is 2.32. The minimum atomic E-state index is -0.841. The van der Waals surface area contributed by atoms with Gasteiger partial charge in [0.25, 0.3) is 0 Å². The van der Waals surface area contributed by atoms with Crippen molar-refractivity contribution in [3.8, 4) is 0 Å². The Hall–Kier alpha value is -1.10. The van der Waals surface area contributed by atoms with Crippen molar-refractivity contribution in [2.45, 2.75) is 93.7 Å². The van der Waals surface area contributed by atoms with E-state index in [1.54, 1.807) is 11.9 Å². The summed E-state index contributed by atoms with van der Waals surface area (Å²) in [6, 6.07) is 0.0462. The summed E-state index contributed by atoms with van der Waals surface area (Å²) in [5.74, 6) is -0.773. The number of amides is 1. The van der Waals surface area contributed by atoms with E-state index >= 15 is 0 Å². The summed E-state index contributed by atoms with van der Waals surface area (Å²) in [4.78, 5) is 26.0. The monoisotopic (exact) mass is 370 g/mol. The van der Waals surface area contributed by atoms with Gasteiger partial charge in [0.05, 0.1) is 12.0 Å². The Labute approximate surface area is 160 Å². The molecule has 2 N–H and O–H groups in total. The van der Waals surface area contributed by atoms with Gasteiger partial charge in [-0.2, -0.15) is 0 Å². The van der Waals surface area contributed by atoms with Crippen LogP contribution >= 0.6 is 0 Å². The van der Waals surface area contributed by atoms with Crippen LogP contribution in [0.4, 0.5) is 0 Å². The second kappa shape index (κ2) is 8.28. The molecule has 0 fully saturated rings. The lowest BCUT2D eigenvalue weighted by molar-refractivity contribution is -0.141. The minimum absolute atomic E-state index is 0.00504. The van der Waals surface area contributed by atoms with Gasteiger partial charge in [-0.25, -0.2) is 0 Å². The van der Waals surface area contributed by atoms with Gasteiger partial charge in [0.2, 0.25) is 5.91 Å². The molecular formula is C21H42N2O3. The Balaban J connectivity index is 5.31. The molecule has 26 heavy (non-hydrogen) atoms. The smallest absolute Gasteiger partial charge is 0.317 e. The van der Waals surface area contributed by atoms with Crippen LogP contribution in [0.1, 0.15) is 82.1 Å². The van der Waals surface area contributed by atoms with Crippen molar-refractivity contribution in [2.24, 2.45) is 16.2 Å². The van der Waals surface area contributed by atoms with Crippen LogP contribution in [0, 0.1) is 16.2 Å². The van der Waals surface area contributed by atoms with Crippen molar-refractivity contribution < 1.29 is 14.7 Å². The van der Waals surface area contributed by atoms with E-state index in [4.69, 9.17) is 5.11 Å². The first-order valence-electron chi connectivity index (χ1n) is 9.55. The van der Waals surface area contributed by atoms with E-state index in [0.717, 1.165) is 6.42 Å². The molecule has 1 amide bonds. The molecule has 0 bridgehead atoms. The molecular weight excluding hydrogens is 328 g/mol. The van der Waals surface area contributed by atoms with Gasteiger partial charge in [0.1, 0.15) is 0 Å². The number of rotatable bonds is 8. The van der Waals surface area contributed by atoms with Gasteiger partial charge >= 0.3 is 5.97 Å². The van der Waals surface area contributed by atoms with Crippen molar-refractivity contribution in [3.05, 3.63) is 0 Å². The first-order chi connectivity index (χ1) is 11.3. The first-order valence-corrected chi connectivity index (χ1v) is 9.55. The standard InChI is InChI=1S/C21H42N2O3/c1-15(23(11)13-16(24)25)12-20(8,9)22-17(26)21(10,19(5,6)7)14-18(2,3)4/h15H,12-14H2,1-11H3,(H,22,26)(H,24,25). The molecule has 0 heterocycles. The Morgan fingerprint density at radius 1 is 1.00 bits per heavy atom. The third-order valence-corrected chi connectivity index (χ3v) is 5.44. The van der Waals surface area contributed by atoms with Crippen molar-refractivity contribution in [1.82, 2.24) is 10.2 Å². The fourth-order valence-corrected chi connectivity index (χ4v) is 3.51. The van der Waals surface area contributed by atoms with Crippen LogP contribution in [-0.2, 0) is 9.59 Å². The topological polar surface area (TPSA) is 69.6 Å². The maximum atomic E-state index is 13.3. The van der Waals surface area contributed by atoms with Gasteiger partial charge < -0.3 is 10.4 Å². The molecule has 5 heteroatoms. The summed E-state index contributed by atoms with van der Waals surface area (Å²) >= 11 is 0. The lowest BCUT2D eigenvalue weighted by Gasteiger charge is -2.46. The number of nitrogens with one attached hydrogen (secondary N) is 1. The molecule has 0 saturated carbocycles.